The molecule has 0 saturated heterocycles. The van der Waals surface area contributed by atoms with Crippen molar-refractivity contribution in [2.45, 2.75) is 25.9 Å². The average Bonchev–Trinajstić information content (AvgIpc) is 2.49. The molecular weight excluding hydrogens is 162 g/mol. The van der Waals surface area contributed by atoms with Crippen LogP contribution in [0.15, 0.2) is 40.7 Å². The van der Waals surface area contributed by atoms with Gasteiger partial charge in [0.05, 0.1) is 17.8 Å². The monoisotopic (exact) mass is 175 g/mol. The van der Waals surface area contributed by atoms with Crippen molar-refractivity contribution in [2.75, 3.05) is 5.01 Å². The SMILES string of the molecule is CC1N=NN(c2ccccc2)C1C. The molecule has 0 fully saturated rings. The first-order chi connectivity index (χ1) is 6.29. The summed E-state index contributed by atoms with van der Waals surface area (Å²) < 4.78 is 0. The van der Waals surface area contributed by atoms with Gasteiger partial charge in [0.25, 0.3) is 0 Å². The lowest BCUT2D eigenvalue weighted by Gasteiger charge is -2.19. The van der Waals surface area contributed by atoms with Gasteiger partial charge in [-0.1, -0.05) is 23.4 Å². The lowest BCUT2D eigenvalue weighted by molar-refractivity contribution is 0.633. The Kier molecular flexibility index (Phi) is 2.00. The molecule has 0 amide bonds. The Bertz CT molecular complexity index is 307. The highest BCUT2D eigenvalue weighted by molar-refractivity contribution is 5.46. The van der Waals surface area contributed by atoms with Crippen molar-refractivity contribution in [1.29, 1.82) is 0 Å². The molecule has 0 bridgehead atoms. The molecule has 13 heavy (non-hydrogen) atoms. The van der Waals surface area contributed by atoms with E-state index in [-0.39, 0.29) is 0 Å². The molecule has 2 unspecified atom stereocenters. The number of nitrogens with zero attached hydrogens (tertiary/aromatic N) is 3. The maximum Gasteiger partial charge on any atom is 0.0923 e. The van der Waals surface area contributed by atoms with Crippen LogP contribution in [-0.4, -0.2) is 12.1 Å². The fraction of sp³-hybridized carbons (Fsp3) is 0.400. The van der Waals surface area contributed by atoms with Gasteiger partial charge in [-0.05, 0) is 26.0 Å². The van der Waals surface area contributed by atoms with Crippen molar-refractivity contribution in [3.8, 4) is 0 Å². The number of anilines is 1. The molecule has 0 radical (unpaired) electrons. The standard InChI is InChI=1S/C10H13N3/c1-8-9(2)13(12-11-8)10-6-4-3-5-7-10/h3-9H,1-2H3. The van der Waals surface area contributed by atoms with Crippen LogP contribution >= 0.6 is 0 Å². The maximum atomic E-state index is 4.13. The minimum atomic E-state index is 0.292. The molecule has 0 aromatic heterocycles. The fourth-order valence-corrected chi connectivity index (χ4v) is 1.39. The Morgan fingerprint density at radius 1 is 1.15 bits per heavy atom. The van der Waals surface area contributed by atoms with E-state index in [0.29, 0.717) is 12.1 Å². The minimum absolute atomic E-state index is 0.292. The van der Waals surface area contributed by atoms with Gasteiger partial charge in [0.15, 0.2) is 0 Å². The molecule has 2 atom stereocenters. The van der Waals surface area contributed by atoms with Crippen molar-refractivity contribution < 1.29 is 0 Å². The first-order valence-corrected chi connectivity index (χ1v) is 4.54. The number of benzene rings is 1. The molecule has 1 aliphatic rings. The van der Waals surface area contributed by atoms with E-state index < -0.39 is 0 Å². The average molecular weight is 175 g/mol. The molecule has 2 rings (SSSR count). The summed E-state index contributed by atoms with van der Waals surface area (Å²) in [6, 6.07) is 10.8. The van der Waals surface area contributed by atoms with Gasteiger partial charge >= 0.3 is 0 Å². The normalized spacial score (nSPS) is 26.8. The summed E-state index contributed by atoms with van der Waals surface area (Å²) in [6.45, 7) is 4.22. The molecule has 0 spiro atoms. The van der Waals surface area contributed by atoms with Crippen LogP contribution in [0.5, 0.6) is 0 Å². The lowest BCUT2D eigenvalue weighted by Crippen LogP contribution is -2.29. The van der Waals surface area contributed by atoms with Gasteiger partial charge in [0.2, 0.25) is 0 Å². The van der Waals surface area contributed by atoms with Gasteiger partial charge in [-0.15, -0.1) is 0 Å². The lowest BCUT2D eigenvalue weighted by atomic mass is 10.1. The molecule has 0 N–H and O–H groups in total. The van der Waals surface area contributed by atoms with E-state index >= 15 is 0 Å². The molecule has 0 aliphatic carbocycles. The third-order valence-electron chi connectivity index (χ3n) is 2.43. The molecule has 1 heterocycles. The number of rotatable bonds is 1. The Hall–Kier alpha value is -1.38. The second-order valence-electron chi connectivity index (χ2n) is 3.37. The summed E-state index contributed by atoms with van der Waals surface area (Å²) in [6.07, 6.45) is 0. The molecule has 3 nitrogen and oxygen atoms in total. The zero-order valence-electron chi connectivity index (χ0n) is 7.88. The van der Waals surface area contributed by atoms with E-state index in [1.165, 1.54) is 0 Å². The Morgan fingerprint density at radius 2 is 1.85 bits per heavy atom. The van der Waals surface area contributed by atoms with Gasteiger partial charge < -0.3 is 0 Å². The minimum Gasteiger partial charge on any atom is -0.242 e. The van der Waals surface area contributed by atoms with Crippen LogP contribution < -0.4 is 5.01 Å². The predicted molar refractivity (Wildman–Crippen MR) is 52.7 cm³/mol. The molecule has 1 aromatic carbocycles. The zero-order valence-corrected chi connectivity index (χ0v) is 7.88. The van der Waals surface area contributed by atoms with Crippen LogP contribution in [0.1, 0.15) is 13.8 Å². The topological polar surface area (TPSA) is 28.0 Å². The summed E-state index contributed by atoms with van der Waals surface area (Å²) in [5, 5.41) is 10.2. The van der Waals surface area contributed by atoms with Crippen LogP contribution in [0.3, 0.4) is 0 Å². The summed E-state index contributed by atoms with van der Waals surface area (Å²) in [7, 11) is 0. The quantitative estimate of drug-likeness (QED) is 0.644. The number of hydrogen-bond donors (Lipinski definition) is 0. The van der Waals surface area contributed by atoms with Gasteiger partial charge in [-0.2, -0.15) is 5.11 Å². The molecule has 1 aliphatic heterocycles. The van der Waals surface area contributed by atoms with Gasteiger partial charge in [-0.25, -0.2) is 5.01 Å². The summed E-state index contributed by atoms with van der Waals surface area (Å²) in [5.74, 6) is 0. The Labute approximate surface area is 78.1 Å². The van der Waals surface area contributed by atoms with Crippen LogP contribution in [-0.2, 0) is 0 Å². The van der Waals surface area contributed by atoms with Crippen LogP contribution in [0.25, 0.3) is 0 Å². The van der Waals surface area contributed by atoms with Gasteiger partial charge in [0, 0.05) is 0 Å². The zero-order chi connectivity index (χ0) is 9.26. The van der Waals surface area contributed by atoms with E-state index in [1.807, 2.05) is 35.3 Å². The van der Waals surface area contributed by atoms with Crippen molar-refractivity contribution in [3.05, 3.63) is 30.3 Å². The Balaban J connectivity index is 2.24. The second kappa shape index (κ2) is 3.17. The summed E-state index contributed by atoms with van der Waals surface area (Å²) >= 11 is 0. The first kappa shape index (κ1) is 8.23. The van der Waals surface area contributed by atoms with Crippen LogP contribution in [0.4, 0.5) is 5.69 Å². The highest BCUT2D eigenvalue weighted by Gasteiger charge is 2.25. The van der Waals surface area contributed by atoms with E-state index in [2.05, 4.69) is 24.2 Å². The van der Waals surface area contributed by atoms with Crippen LogP contribution in [0.2, 0.25) is 0 Å². The van der Waals surface area contributed by atoms with Crippen molar-refractivity contribution in [1.82, 2.24) is 0 Å². The number of hydrogen-bond acceptors (Lipinski definition) is 3. The summed E-state index contributed by atoms with van der Waals surface area (Å²) in [4.78, 5) is 0. The maximum absolute atomic E-state index is 4.13. The van der Waals surface area contributed by atoms with E-state index in [4.69, 9.17) is 0 Å². The van der Waals surface area contributed by atoms with Crippen molar-refractivity contribution in [3.63, 3.8) is 0 Å². The largest absolute Gasteiger partial charge is 0.242 e. The smallest absolute Gasteiger partial charge is 0.0923 e. The number of para-hydroxylation sites is 1. The fourth-order valence-electron chi connectivity index (χ4n) is 1.39. The highest BCUT2D eigenvalue weighted by atomic mass is 15.6. The molecule has 1 aromatic rings. The van der Waals surface area contributed by atoms with E-state index in [1.54, 1.807) is 0 Å². The highest BCUT2D eigenvalue weighted by Crippen LogP contribution is 2.24. The second-order valence-corrected chi connectivity index (χ2v) is 3.37. The third kappa shape index (κ3) is 1.41. The van der Waals surface area contributed by atoms with Gasteiger partial charge in [0.1, 0.15) is 0 Å². The Morgan fingerprint density at radius 3 is 2.38 bits per heavy atom. The molecule has 0 saturated carbocycles. The molecule has 3 heteroatoms. The summed E-state index contributed by atoms with van der Waals surface area (Å²) in [5.41, 5.74) is 1.11. The molecular formula is C10H13N3. The third-order valence-corrected chi connectivity index (χ3v) is 2.43. The van der Waals surface area contributed by atoms with Gasteiger partial charge in [-0.3, -0.25) is 0 Å². The van der Waals surface area contributed by atoms with Crippen molar-refractivity contribution >= 4 is 5.69 Å². The molecule has 68 valence electrons. The predicted octanol–water partition coefficient (Wildman–Crippen LogP) is 2.65. The van der Waals surface area contributed by atoms with Crippen LogP contribution in [0, 0.1) is 0 Å². The van der Waals surface area contributed by atoms with E-state index in [9.17, 15) is 0 Å². The van der Waals surface area contributed by atoms with E-state index in [0.717, 1.165) is 5.69 Å². The van der Waals surface area contributed by atoms with Crippen molar-refractivity contribution in [2.24, 2.45) is 10.3 Å². The first-order valence-electron chi connectivity index (χ1n) is 4.54.